The van der Waals surface area contributed by atoms with Gasteiger partial charge in [0.05, 0.1) is 17.6 Å². The summed E-state index contributed by atoms with van der Waals surface area (Å²) in [5.74, 6) is 1.98. The van der Waals surface area contributed by atoms with Crippen LogP contribution in [0.25, 0.3) is 22.3 Å². The number of halogens is 3. The van der Waals surface area contributed by atoms with Gasteiger partial charge in [-0.3, -0.25) is 0 Å². The largest absolute Gasteiger partial charge is 1.00 e. The molecule has 0 radical (unpaired) electrons. The van der Waals surface area contributed by atoms with E-state index in [9.17, 15) is 0 Å². The van der Waals surface area contributed by atoms with Gasteiger partial charge in [-0.2, -0.15) is 0 Å². The Morgan fingerprint density at radius 2 is 1.71 bits per heavy atom. The molecule has 0 aliphatic rings. The highest BCUT2D eigenvalue weighted by Gasteiger charge is 2.12. The zero-order chi connectivity index (χ0) is 18.8. The minimum absolute atomic E-state index is 0. The summed E-state index contributed by atoms with van der Waals surface area (Å²) in [6, 6.07) is 20.8. The molecule has 3 aromatic carbocycles. The molecule has 4 rings (SSSR count). The van der Waals surface area contributed by atoms with Crippen LogP contribution >= 0.6 is 23.2 Å². The Morgan fingerprint density at radius 1 is 0.893 bits per heavy atom. The summed E-state index contributed by atoms with van der Waals surface area (Å²) >= 11 is 12.4. The second-order valence-corrected chi connectivity index (χ2v) is 6.74. The number of anilines is 2. The molecule has 0 aliphatic heterocycles. The molecule has 1 aromatic heterocycles. The minimum atomic E-state index is 0. The number of nitrogens with zero attached hydrogens (tertiary/aromatic N) is 2. The Balaban J connectivity index is 0.00000225. The van der Waals surface area contributed by atoms with Crippen molar-refractivity contribution >= 4 is 45.6 Å². The minimum Gasteiger partial charge on any atom is -1.00 e. The van der Waals surface area contributed by atoms with Crippen LogP contribution in [0.4, 0.5) is 11.5 Å². The predicted molar refractivity (Wildman–Crippen MR) is 111 cm³/mol. The fourth-order valence-corrected chi connectivity index (χ4v) is 3.29. The lowest BCUT2D eigenvalue weighted by atomic mass is 10.1. The maximum Gasteiger partial charge on any atom is 0.163 e. The zero-order valence-corrected chi connectivity index (χ0v) is 17.1. The quantitative estimate of drug-likeness (QED) is 0.538. The van der Waals surface area contributed by atoms with Crippen molar-refractivity contribution in [3.05, 3.63) is 76.8 Å². The molecule has 0 unspecified atom stereocenters. The van der Waals surface area contributed by atoms with Crippen molar-refractivity contribution in [2.45, 2.75) is 0 Å². The molecule has 0 spiro atoms. The van der Waals surface area contributed by atoms with Crippen LogP contribution in [-0.4, -0.2) is 17.1 Å². The number of fused-ring (bicyclic) bond motifs is 1. The van der Waals surface area contributed by atoms with Crippen LogP contribution in [0.2, 0.25) is 10.0 Å². The molecule has 28 heavy (non-hydrogen) atoms. The molecule has 1 heterocycles. The van der Waals surface area contributed by atoms with E-state index in [-0.39, 0.29) is 12.4 Å². The van der Waals surface area contributed by atoms with E-state index in [1.807, 2.05) is 54.6 Å². The maximum atomic E-state index is 6.37. The maximum absolute atomic E-state index is 6.37. The fraction of sp³-hybridized carbons (Fsp3) is 0.0476. The van der Waals surface area contributed by atoms with Gasteiger partial charge in [0, 0.05) is 27.7 Å². The molecule has 7 heteroatoms. The SMILES string of the molecule is COc1cccc(Nc2nc(-c3ccc(Cl)cc3Cl)nc3ccccc23)c1.[Cl-]. The molecular weight excluding hydrogens is 417 g/mol. The van der Waals surface area contributed by atoms with Gasteiger partial charge >= 0.3 is 0 Å². The number of nitrogens with one attached hydrogen (secondary N) is 1. The van der Waals surface area contributed by atoms with Crippen molar-refractivity contribution in [2.75, 3.05) is 12.4 Å². The van der Waals surface area contributed by atoms with E-state index in [1.54, 1.807) is 19.2 Å². The van der Waals surface area contributed by atoms with Gasteiger partial charge in [-0.25, -0.2) is 9.97 Å². The van der Waals surface area contributed by atoms with Crippen molar-refractivity contribution in [1.82, 2.24) is 9.97 Å². The number of rotatable bonds is 4. The number of aromatic nitrogens is 2. The molecule has 1 N–H and O–H groups in total. The van der Waals surface area contributed by atoms with Crippen LogP contribution in [0.3, 0.4) is 0 Å². The average Bonchev–Trinajstić information content (AvgIpc) is 2.68. The fourth-order valence-electron chi connectivity index (χ4n) is 2.80. The van der Waals surface area contributed by atoms with Gasteiger partial charge in [0.15, 0.2) is 5.82 Å². The lowest BCUT2D eigenvalue weighted by Gasteiger charge is -2.12. The molecule has 0 atom stereocenters. The van der Waals surface area contributed by atoms with Gasteiger partial charge in [0.1, 0.15) is 11.6 Å². The Hall–Kier alpha value is -2.53. The number of para-hydroxylation sites is 1. The molecule has 4 nitrogen and oxygen atoms in total. The summed E-state index contributed by atoms with van der Waals surface area (Å²) in [5, 5.41) is 5.35. The Labute approximate surface area is 178 Å². The summed E-state index contributed by atoms with van der Waals surface area (Å²) in [7, 11) is 1.64. The van der Waals surface area contributed by atoms with Crippen molar-refractivity contribution in [1.29, 1.82) is 0 Å². The topological polar surface area (TPSA) is 47.0 Å². The first-order chi connectivity index (χ1) is 13.1. The number of methoxy groups -OCH3 is 1. The van der Waals surface area contributed by atoms with E-state index in [0.29, 0.717) is 21.7 Å². The third-order valence-electron chi connectivity index (χ3n) is 4.11. The summed E-state index contributed by atoms with van der Waals surface area (Å²) in [5.41, 5.74) is 2.41. The van der Waals surface area contributed by atoms with Crippen molar-refractivity contribution in [2.24, 2.45) is 0 Å². The van der Waals surface area contributed by atoms with Gasteiger partial charge in [-0.15, -0.1) is 0 Å². The highest BCUT2D eigenvalue weighted by atomic mass is 35.5. The highest BCUT2D eigenvalue weighted by molar-refractivity contribution is 6.36. The van der Waals surface area contributed by atoms with Crippen molar-refractivity contribution in [3.8, 4) is 17.1 Å². The van der Waals surface area contributed by atoms with Gasteiger partial charge < -0.3 is 22.5 Å². The first kappa shape index (κ1) is 20.2. The van der Waals surface area contributed by atoms with E-state index in [0.717, 1.165) is 27.9 Å². The molecule has 4 aromatic rings. The van der Waals surface area contributed by atoms with Crippen molar-refractivity contribution < 1.29 is 17.1 Å². The summed E-state index contributed by atoms with van der Waals surface area (Å²) in [6.45, 7) is 0. The molecule has 0 bridgehead atoms. The molecule has 142 valence electrons. The third kappa shape index (κ3) is 4.14. The van der Waals surface area contributed by atoms with Crippen LogP contribution in [0.15, 0.2) is 66.7 Å². The van der Waals surface area contributed by atoms with E-state index in [1.165, 1.54) is 0 Å². The smallest absolute Gasteiger partial charge is 0.163 e. The van der Waals surface area contributed by atoms with Gasteiger partial charge in [-0.05, 0) is 42.5 Å². The molecule has 0 aliphatic carbocycles. The van der Waals surface area contributed by atoms with E-state index in [2.05, 4.69) is 10.3 Å². The van der Waals surface area contributed by atoms with Crippen LogP contribution in [-0.2, 0) is 0 Å². The first-order valence-electron chi connectivity index (χ1n) is 8.27. The van der Waals surface area contributed by atoms with Gasteiger partial charge in [-0.1, -0.05) is 41.4 Å². The second-order valence-electron chi connectivity index (χ2n) is 5.89. The van der Waals surface area contributed by atoms with Crippen LogP contribution in [0.1, 0.15) is 0 Å². The number of ether oxygens (including phenoxy) is 1. The number of benzene rings is 3. The van der Waals surface area contributed by atoms with Gasteiger partial charge in [0.25, 0.3) is 0 Å². The standard InChI is InChI=1S/C21H15Cl2N3O.ClH/c1-27-15-6-4-5-14(12-15)24-21-17-7-2-3-8-19(17)25-20(26-21)16-10-9-13(22)11-18(16)23;/h2-12H,1H3,(H,24,25,26);1H/p-1. The molecule has 0 saturated carbocycles. The Kier molecular flexibility index (Phi) is 6.25. The number of hydrogen-bond acceptors (Lipinski definition) is 4. The lowest BCUT2D eigenvalue weighted by molar-refractivity contribution is -0.00000557. The van der Waals surface area contributed by atoms with E-state index >= 15 is 0 Å². The molecule has 0 fully saturated rings. The zero-order valence-electron chi connectivity index (χ0n) is 14.8. The Bertz CT molecular complexity index is 1130. The van der Waals surface area contributed by atoms with E-state index < -0.39 is 0 Å². The monoisotopic (exact) mass is 430 g/mol. The predicted octanol–water partition coefficient (Wildman–Crippen LogP) is 3.36. The average molecular weight is 432 g/mol. The summed E-state index contributed by atoms with van der Waals surface area (Å²) in [6.07, 6.45) is 0. The van der Waals surface area contributed by atoms with E-state index in [4.69, 9.17) is 32.9 Å². The molecule has 0 saturated heterocycles. The normalized spacial score (nSPS) is 10.4. The highest BCUT2D eigenvalue weighted by Crippen LogP contribution is 2.32. The summed E-state index contributed by atoms with van der Waals surface area (Å²) in [4.78, 5) is 9.39. The first-order valence-corrected chi connectivity index (χ1v) is 9.03. The third-order valence-corrected chi connectivity index (χ3v) is 4.66. The molecular formula is C21H15Cl3N3O-. The van der Waals surface area contributed by atoms with Crippen molar-refractivity contribution in [3.63, 3.8) is 0 Å². The van der Waals surface area contributed by atoms with Crippen LogP contribution in [0, 0.1) is 0 Å². The second kappa shape index (κ2) is 8.65. The molecule has 0 amide bonds. The number of hydrogen-bond donors (Lipinski definition) is 1. The van der Waals surface area contributed by atoms with Crippen LogP contribution < -0.4 is 22.5 Å². The Morgan fingerprint density at radius 3 is 2.50 bits per heavy atom. The summed E-state index contributed by atoms with van der Waals surface area (Å²) < 4.78 is 5.30. The van der Waals surface area contributed by atoms with Gasteiger partial charge in [0.2, 0.25) is 0 Å². The lowest BCUT2D eigenvalue weighted by Crippen LogP contribution is -3.00. The van der Waals surface area contributed by atoms with Crippen LogP contribution in [0.5, 0.6) is 5.75 Å².